The normalized spacial score (nSPS) is 17.8. The highest BCUT2D eigenvalue weighted by Crippen LogP contribution is 2.30. The Morgan fingerprint density at radius 3 is 2.88 bits per heavy atom. The number of benzene rings is 2. The summed E-state index contributed by atoms with van der Waals surface area (Å²) in [6.45, 7) is 0. The molecule has 0 saturated carbocycles. The minimum absolute atomic E-state index is 0.0357. The molecule has 134 valence electrons. The summed E-state index contributed by atoms with van der Waals surface area (Å²) in [7, 11) is 1.56. The Labute approximate surface area is 160 Å². The van der Waals surface area contributed by atoms with Crippen LogP contribution in [0.25, 0.3) is 0 Å². The predicted molar refractivity (Wildman–Crippen MR) is 104 cm³/mol. The van der Waals surface area contributed by atoms with Crippen LogP contribution in [-0.4, -0.2) is 29.3 Å². The SMILES string of the molecule is COc1ccccc1N=C1NC(=O)[C@@H](CC(=O)Nc2cccc(Cl)c2)S1. The molecule has 2 N–H and O–H groups in total. The Balaban J connectivity index is 1.64. The molecule has 0 aliphatic carbocycles. The minimum Gasteiger partial charge on any atom is -0.494 e. The van der Waals surface area contributed by atoms with Crippen molar-refractivity contribution in [3.05, 3.63) is 53.6 Å². The van der Waals surface area contributed by atoms with Gasteiger partial charge in [0.2, 0.25) is 11.8 Å². The zero-order valence-corrected chi connectivity index (χ0v) is 15.4. The molecule has 0 spiro atoms. The van der Waals surface area contributed by atoms with E-state index in [-0.39, 0.29) is 18.2 Å². The summed E-state index contributed by atoms with van der Waals surface area (Å²) in [6.07, 6.45) is 0.0357. The molecule has 6 nitrogen and oxygen atoms in total. The second-order valence-corrected chi connectivity index (χ2v) is 7.08. The first-order valence-electron chi connectivity index (χ1n) is 7.80. The Morgan fingerprint density at radius 2 is 2.12 bits per heavy atom. The van der Waals surface area contributed by atoms with Crippen LogP contribution in [0.3, 0.4) is 0 Å². The number of rotatable bonds is 5. The fraction of sp³-hybridized carbons (Fsp3) is 0.167. The molecule has 1 aliphatic rings. The maximum absolute atomic E-state index is 12.2. The topological polar surface area (TPSA) is 79.8 Å². The number of hydrogen-bond acceptors (Lipinski definition) is 5. The number of amides is 2. The van der Waals surface area contributed by atoms with Crippen molar-refractivity contribution in [2.75, 3.05) is 12.4 Å². The van der Waals surface area contributed by atoms with Crippen molar-refractivity contribution >= 4 is 51.7 Å². The molecule has 1 aliphatic heterocycles. The monoisotopic (exact) mass is 389 g/mol. The van der Waals surface area contributed by atoms with Crippen molar-refractivity contribution in [3.63, 3.8) is 0 Å². The summed E-state index contributed by atoms with van der Waals surface area (Å²) < 4.78 is 5.25. The lowest BCUT2D eigenvalue weighted by atomic mass is 10.2. The van der Waals surface area contributed by atoms with Gasteiger partial charge in [0.1, 0.15) is 16.7 Å². The lowest BCUT2D eigenvalue weighted by Crippen LogP contribution is -2.28. The van der Waals surface area contributed by atoms with Crippen molar-refractivity contribution in [2.24, 2.45) is 4.99 Å². The van der Waals surface area contributed by atoms with E-state index in [0.717, 1.165) is 0 Å². The summed E-state index contributed by atoms with van der Waals surface area (Å²) >= 11 is 7.12. The fourth-order valence-electron chi connectivity index (χ4n) is 2.37. The van der Waals surface area contributed by atoms with Gasteiger partial charge in [-0.15, -0.1) is 0 Å². The summed E-state index contributed by atoms with van der Waals surface area (Å²) in [5.41, 5.74) is 1.20. The van der Waals surface area contributed by atoms with E-state index >= 15 is 0 Å². The number of ether oxygens (including phenoxy) is 1. The molecule has 0 unspecified atom stereocenters. The number of hydrogen-bond donors (Lipinski definition) is 2. The van der Waals surface area contributed by atoms with Gasteiger partial charge in [0.05, 0.1) is 7.11 Å². The zero-order chi connectivity index (χ0) is 18.5. The number of aliphatic imine (C=N–C) groups is 1. The lowest BCUT2D eigenvalue weighted by molar-refractivity contribution is -0.122. The Morgan fingerprint density at radius 1 is 1.31 bits per heavy atom. The molecule has 2 aromatic rings. The number of nitrogens with zero attached hydrogens (tertiary/aromatic N) is 1. The zero-order valence-electron chi connectivity index (χ0n) is 13.9. The van der Waals surface area contributed by atoms with E-state index in [2.05, 4.69) is 15.6 Å². The smallest absolute Gasteiger partial charge is 0.240 e. The number of anilines is 1. The molecule has 26 heavy (non-hydrogen) atoms. The highest BCUT2D eigenvalue weighted by Gasteiger charge is 2.32. The van der Waals surface area contributed by atoms with Crippen molar-refractivity contribution in [1.29, 1.82) is 0 Å². The number of halogens is 1. The number of thioether (sulfide) groups is 1. The third-order valence-corrected chi connectivity index (χ3v) is 4.88. The van der Waals surface area contributed by atoms with Gasteiger partial charge in [0.25, 0.3) is 0 Å². The number of amidine groups is 1. The second kappa shape index (κ2) is 8.25. The summed E-state index contributed by atoms with van der Waals surface area (Å²) in [5, 5.41) is 5.87. The van der Waals surface area contributed by atoms with Crippen LogP contribution >= 0.6 is 23.4 Å². The van der Waals surface area contributed by atoms with E-state index < -0.39 is 5.25 Å². The van der Waals surface area contributed by atoms with Crippen LogP contribution in [-0.2, 0) is 9.59 Å². The molecule has 1 saturated heterocycles. The molecule has 2 aromatic carbocycles. The molecule has 8 heteroatoms. The number of carbonyl (C=O) groups is 2. The molecule has 0 radical (unpaired) electrons. The lowest BCUT2D eigenvalue weighted by Gasteiger charge is -2.07. The van der Waals surface area contributed by atoms with Crippen LogP contribution in [0.1, 0.15) is 6.42 Å². The van der Waals surface area contributed by atoms with E-state index in [4.69, 9.17) is 16.3 Å². The maximum Gasteiger partial charge on any atom is 0.240 e. The van der Waals surface area contributed by atoms with Crippen molar-refractivity contribution in [1.82, 2.24) is 5.32 Å². The Hall–Kier alpha value is -2.51. The van der Waals surface area contributed by atoms with Crippen molar-refractivity contribution in [3.8, 4) is 5.75 Å². The van der Waals surface area contributed by atoms with Crippen LogP contribution in [0.2, 0.25) is 5.02 Å². The van der Waals surface area contributed by atoms with Gasteiger partial charge >= 0.3 is 0 Å². The van der Waals surface area contributed by atoms with E-state index in [9.17, 15) is 9.59 Å². The highest BCUT2D eigenvalue weighted by molar-refractivity contribution is 8.15. The first-order valence-corrected chi connectivity index (χ1v) is 9.05. The van der Waals surface area contributed by atoms with Gasteiger partial charge in [-0.25, -0.2) is 4.99 Å². The Bertz CT molecular complexity index is 872. The largest absolute Gasteiger partial charge is 0.494 e. The van der Waals surface area contributed by atoms with E-state index in [0.29, 0.717) is 27.3 Å². The predicted octanol–water partition coefficient (Wildman–Crippen LogP) is 3.60. The molecule has 0 bridgehead atoms. The van der Waals surface area contributed by atoms with Gasteiger partial charge in [0, 0.05) is 17.1 Å². The number of nitrogens with one attached hydrogen (secondary N) is 2. The van der Waals surface area contributed by atoms with Crippen LogP contribution in [0, 0.1) is 0 Å². The molecular formula is C18H16ClN3O3S. The van der Waals surface area contributed by atoms with Gasteiger partial charge in [-0.1, -0.05) is 41.6 Å². The molecule has 2 amide bonds. The molecular weight excluding hydrogens is 374 g/mol. The third kappa shape index (κ3) is 4.56. The van der Waals surface area contributed by atoms with E-state index in [1.54, 1.807) is 43.5 Å². The molecule has 0 aromatic heterocycles. The second-order valence-electron chi connectivity index (χ2n) is 5.45. The van der Waals surface area contributed by atoms with Gasteiger partial charge in [-0.2, -0.15) is 0 Å². The summed E-state index contributed by atoms with van der Waals surface area (Å²) in [5.74, 6) is 0.0975. The summed E-state index contributed by atoms with van der Waals surface area (Å²) in [6, 6.07) is 14.1. The molecule has 1 heterocycles. The van der Waals surface area contributed by atoms with Crippen LogP contribution in [0.15, 0.2) is 53.5 Å². The first kappa shape index (κ1) is 18.3. The molecule has 3 rings (SSSR count). The standard InChI is InChI=1S/C18H16ClN3O3S/c1-25-14-8-3-2-7-13(14)21-18-22-17(24)15(26-18)10-16(23)20-12-6-4-5-11(19)9-12/h2-9,15H,10H2,1H3,(H,20,23)(H,21,22,24)/t15-/m1/s1. The first-order chi connectivity index (χ1) is 12.5. The van der Waals surface area contributed by atoms with E-state index in [1.165, 1.54) is 11.8 Å². The summed E-state index contributed by atoms with van der Waals surface area (Å²) in [4.78, 5) is 28.7. The van der Waals surface area contributed by atoms with Crippen LogP contribution in [0.5, 0.6) is 5.75 Å². The molecule has 1 fully saturated rings. The maximum atomic E-state index is 12.2. The van der Waals surface area contributed by atoms with E-state index in [1.807, 2.05) is 12.1 Å². The van der Waals surface area contributed by atoms with Crippen molar-refractivity contribution in [2.45, 2.75) is 11.7 Å². The van der Waals surface area contributed by atoms with Crippen LogP contribution in [0.4, 0.5) is 11.4 Å². The van der Waals surface area contributed by atoms with Gasteiger partial charge in [-0.05, 0) is 30.3 Å². The van der Waals surface area contributed by atoms with Gasteiger partial charge in [-0.3, -0.25) is 9.59 Å². The van der Waals surface area contributed by atoms with Crippen LogP contribution < -0.4 is 15.4 Å². The number of methoxy groups -OCH3 is 1. The third-order valence-electron chi connectivity index (χ3n) is 3.56. The van der Waals surface area contributed by atoms with Gasteiger partial charge < -0.3 is 15.4 Å². The highest BCUT2D eigenvalue weighted by atomic mass is 35.5. The number of para-hydroxylation sites is 2. The van der Waals surface area contributed by atoms with Gasteiger partial charge in [0.15, 0.2) is 5.17 Å². The average molecular weight is 390 g/mol. The number of carbonyl (C=O) groups excluding carboxylic acids is 2. The fourth-order valence-corrected chi connectivity index (χ4v) is 3.54. The minimum atomic E-state index is -0.539. The molecule has 1 atom stereocenters. The van der Waals surface area contributed by atoms with Crippen molar-refractivity contribution < 1.29 is 14.3 Å². The Kier molecular flexibility index (Phi) is 5.80. The quantitative estimate of drug-likeness (QED) is 0.818. The average Bonchev–Trinajstić information content (AvgIpc) is 2.94.